The van der Waals surface area contributed by atoms with Crippen LogP contribution in [0.25, 0.3) is 10.9 Å². The number of hydrogen-bond donors (Lipinski definition) is 1. The van der Waals surface area contributed by atoms with Crippen LogP contribution in [0, 0.1) is 0 Å². The molecule has 2 aromatic carbocycles. The first kappa shape index (κ1) is 24.8. The van der Waals surface area contributed by atoms with Gasteiger partial charge in [0.1, 0.15) is 25.0 Å². The zero-order valence-electron chi connectivity index (χ0n) is 21.4. The molecule has 0 amide bonds. The Labute approximate surface area is 223 Å². The van der Waals surface area contributed by atoms with E-state index in [1.165, 1.54) is 0 Å². The van der Waals surface area contributed by atoms with E-state index in [0.717, 1.165) is 16.7 Å². The molecule has 200 valence electrons. The Morgan fingerprint density at radius 3 is 2.64 bits per heavy atom. The van der Waals surface area contributed by atoms with E-state index >= 15 is 0 Å². The monoisotopic (exact) mass is 528 g/mol. The average Bonchev–Trinajstić information content (AvgIpc) is 3.64. The Balaban J connectivity index is 1.51. The van der Waals surface area contributed by atoms with E-state index in [4.69, 9.17) is 18.6 Å². The third kappa shape index (κ3) is 5.27. The number of ether oxygens (including phenoxy) is 3. The molecule has 0 fully saturated rings. The number of nitrogens with one attached hydrogen (secondary N) is 1. The van der Waals surface area contributed by atoms with Crippen molar-refractivity contribution < 1.29 is 18.6 Å². The Bertz CT molecular complexity index is 1600. The van der Waals surface area contributed by atoms with Crippen LogP contribution in [0.4, 0.5) is 0 Å². The highest BCUT2D eigenvalue weighted by Gasteiger charge is 2.31. The van der Waals surface area contributed by atoms with Crippen molar-refractivity contribution in [2.24, 2.45) is 0 Å². The summed E-state index contributed by atoms with van der Waals surface area (Å²) in [7, 11) is 1.63. The smallest absolute Gasteiger partial charge is 0.253 e. The van der Waals surface area contributed by atoms with Gasteiger partial charge in [0.2, 0.25) is 0 Å². The molecule has 5 aromatic rings. The lowest BCUT2D eigenvalue weighted by Gasteiger charge is -2.30. The zero-order chi connectivity index (χ0) is 26.6. The third-order valence-corrected chi connectivity index (χ3v) is 6.67. The Hall–Kier alpha value is -4.48. The molecule has 3 aromatic heterocycles. The van der Waals surface area contributed by atoms with E-state index < -0.39 is 6.04 Å². The number of H-pyrrole nitrogens is 1. The molecule has 0 radical (unpaired) electrons. The first-order valence-electron chi connectivity index (χ1n) is 12.7. The molecule has 4 heterocycles. The van der Waals surface area contributed by atoms with Gasteiger partial charge in [-0.3, -0.25) is 9.69 Å². The number of aromatic amines is 1. The van der Waals surface area contributed by atoms with Crippen LogP contribution in [0.1, 0.15) is 28.8 Å². The van der Waals surface area contributed by atoms with Crippen molar-refractivity contribution in [3.63, 3.8) is 0 Å². The quantitative estimate of drug-likeness (QED) is 0.291. The summed E-state index contributed by atoms with van der Waals surface area (Å²) in [4.78, 5) is 18.9. The molecule has 1 atom stereocenters. The molecule has 1 aliphatic heterocycles. The van der Waals surface area contributed by atoms with Gasteiger partial charge in [0, 0.05) is 30.7 Å². The SMILES string of the molecule is COCCn1nnnc1[C@H](c1cc2cc3c(cc2[nH]c1=O)OCCO3)N(Cc1ccccc1)Cc1ccco1. The van der Waals surface area contributed by atoms with Crippen molar-refractivity contribution >= 4 is 10.9 Å². The van der Waals surface area contributed by atoms with Crippen molar-refractivity contribution in [1.29, 1.82) is 0 Å². The second kappa shape index (κ2) is 11.1. The zero-order valence-corrected chi connectivity index (χ0v) is 21.4. The van der Waals surface area contributed by atoms with E-state index in [-0.39, 0.29) is 5.56 Å². The third-order valence-electron chi connectivity index (χ3n) is 6.67. The van der Waals surface area contributed by atoms with Crippen molar-refractivity contribution in [2.45, 2.75) is 25.7 Å². The van der Waals surface area contributed by atoms with Crippen LogP contribution in [0.3, 0.4) is 0 Å². The fraction of sp³-hybridized carbons (Fsp3) is 0.286. The summed E-state index contributed by atoms with van der Waals surface area (Å²) in [6, 6.07) is 18.8. The minimum atomic E-state index is -0.608. The highest BCUT2D eigenvalue weighted by atomic mass is 16.6. The molecule has 1 N–H and O–H groups in total. The van der Waals surface area contributed by atoms with E-state index in [2.05, 4.69) is 25.4 Å². The number of hydrogen-bond acceptors (Lipinski definition) is 9. The molecular weight excluding hydrogens is 500 g/mol. The van der Waals surface area contributed by atoms with Crippen LogP contribution < -0.4 is 15.0 Å². The van der Waals surface area contributed by atoms with Gasteiger partial charge in [-0.1, -0.05) is 30.3 Å². The molecule has 11 nitrogen and oxygen atoms in total. The number of aromatic nitrogens is 5. The molecule has 0 saturated heterocycles. The maximum atomic E-state index is 13.7. The summed E-state index contributed by atoms with van der Waals surface area (Å²) in [6.45, 7) is 2.72. The first-order valence-corrected chi connectivity index (χ1v) is 12.7. The molecule has 0 bridgehead atoms. The van der Waals surface area contributed by atoms with Crippen molar-refractivity contribution in [2.75, 3.05) is 26.9 Å². The normalized spacial score (nSPS) is 13.7. The molecular formula is C28H28N6O5. The number of fused-ring (bicyclic) bond motifs is 2. The minimum Gasteiger partial charge on any atom is -0.486 e. The van der Waals surface area contributed by atoms with Crippen LogP contribution in [0.2, 0.25) is 0 Å². The maximum Gasteiger partial charge on any atom is 0.253 e. The van der Waals surface area contributed by atoms with E-state index in [1.807, 2.05) is 54.6 Å². The fourth-order valence-corrected chi connectivity index (χ4v) is 4.87. The second-order valence-corrected chi connectivity index (χ2v) is 9.26. The molecule has 1 aliphatic rings. The number of methoxy groups -OCH3 is 1. The molecule has 6 rings (SSSR count). The van der Waals surface area contributed by atoms with Crippen LogP contribution in [-0.2, 0) is 24.4 Å². The van der Waals surface area contributed by atoms with Gasteiger partial charge in [-0.25, -0.2) is 4.68 Å². The Morgan fingerprint density at radius 1 is 1.05 bits per heavy atom. The first-order chi connectivity index (χ1) is 19.2. The lowest BCUT2D eigenvalue weighted by Crippen LogP contribution is -2.35. The van der Waals surface area contributed by atoms with Gasteiger partial charge in [0.05, 0.1) is 31.5 Å². The van der Waals surface area contributed by atoms with Gasteiger partial charge in [-0.2, -0.15) is 0 Å². The number of pyridine rings is 1. The van der Waals surface area contributed by atoms with Crippen LogP contribution in [-0.4, -0.2) is 57.0 Å². The standard InChI is InChI=1S/C28H28N6O5/c1-36-11-9-34-27(30-31-32-34)26(33(18-21-8-5-10-37-21)17-19-6-3-2-4-7-19)22-14-20-15-24-25(39-13-12-38-24)16-23(20)29-28(22)35/h2-8,10,14-16,26H,9,11-13,17-18H2,1H3,(H,29,35)/t26-/m0/s1. The van der Waals surface area contributed by atoms with Crippen molar-refractivity contribution in [3.05, 3.63) is 100.0 Å². The summed E-state index contributed by atoms with van der Waals surface area (Å²) in [5, 5.41) is 13.4. The lowest BCUT2D eigenvalue weighted by molar-refractivity contribution is 0.163. The summed E-state index contributed by atoms with van der Waals surface area (Å²) in [6.07, 6.45) is 1.64. The summed E-state index contributed by atoms with van der Waals surface area (Å²) < 4.78 is 24.2. The van der Waals surface area contributed by atoms with Gasteiger partial charge in [-0.05, 0) is 40.3 Å². The summed E-state index contributed by atoms with van der Waals surface area (Å²) in [5.41, 5.74) is 1.98. The van der Waals surface area contributed by atoms with Gasteiger partial charge < -0.3 is 23.6 Å². The number of rotatable bonds is 10. The average molecular weight is 529 g/mol. The highest BCUT2D eigenvalue weighted by molar-refractivity contribution is 5.83. The largest absolute Gasteiger partial charge is 0.486 e. The molecule has 0 spiro atoms. The molecule has 0 aliphatic carbocycles. The van der Waals surface area contributed by atoms with Crippen LogP contribution >= 0.6 is 0 Å². The van der Waals surface area contributed by atoms with Gasteiger partial charge in [0.15, 0.2) is 17.3 Å². The fourth-order valence-electron chi connectivity index (χ4n) is 4.87. The Kier molecular flexibility index (Phi) is 7.07. The predicted molar refractivity (Wildman–Crippen MR) is 141 cm³/mol. The maximum absolute atomic E-state index is 13.7. The van der Waals surface area contributed by atoms with Gasteiger partial charge >= 0.3 is 0 Å². The van der Waals surface area contributed by atoms with Gasteiger partial charge in [0.25, 0.3) is 5.56 Å². The number of furan rings is 1. The molecule has 39 heavy (non-hydrogen) atoms. The topological polar surface area (TPSA) is 121 Å². The van der Waals surface area contributed by atoms with Crippen LogP contribution in [0.5, 0.6) is 11.5 Å². The van der Waals surface area contributed by atoms with Crippen LogP contribution in [0.15, 0.2) is 76.1 Å². The number of tetrazole rings is 1. The van der Waals surface area contributed by atoms with Crippen molar-refractivity contribution in [3.8, 4) is 11.5 Å². The van der Waals surface area contributed by atoms with E-state index in [0.29, 0.717) is 67.9 Å². The highest BCUT2D eigenvalue weighted by Crippen LogP contribution is 2.35. The molecule has 0 unspecified atom stereocenters. The van der Waals surface area contributed by atoms with Crippen molar-refractivity contribution in [1.82, 2.24) is 30.1 Å². The second-order valence-electron chi connectivity index (χ2n) is 9.26. The summed E-state index contributed by atoms with van der Waals surface area (Å²) in [5.74, 6) is 2.53. The molecule has 0 saturated carbocycles. The lowest BCUT2D eigenvalue weighted by atomic mass is 10.0. The van der Waals surface area contributed by atoms with E-state index in [9.17, 15) is 4.79 Å². The van der Waals surface area contributed by atoms with Gasteiger partial charge in [-0.15, -0.1) is 5.10 Å². The Morgan fingerprint density at radius 2 is 1.87 bits per heavy atom. The number of nitrogens with zero attached hydrogens (tertiary/aromatic N) is 5. The minimum absolute atomic E-state index is 0.247. The number of benzene rings is 2. The molecule has 11 heteroatoms. The predicted octanol–water partition coefficient (Wildman–Crippen LogP) is 3.32. The van der Waals surface area contributed by atoms with E-state index in [1.54, 1.807) is 24.1 Å². The summed E-state index contributed by atoms with van der Waals surface area (Å²) >= 11 is 0.